The predicted molar refractivity (Wildman–Crippen MR) is 102 cm³/mol. The number of esters is 1. The van der Waals surface area contributed by atoms with Gasteiger partial charge in [0.05, 0.1) is 16.6 Å². The summed E-state index contributed by atoms with van der Waals surface area (Å²) in [5.74, 6) is -1.42. The highest BCUT2D eigenvalue weighted by Gasteiger charge is 2.23. The van der Waals surface area contributed by atoms with E-state index in [2.05, 4.69) is 10.4 Å². The number of nitrogens with one attached hydrogen (secondary N) is 1. The van der Waals surface area contributed by atoms with Crippen LogP contribution in [0.4, 0.5) is 5.69 Å². The number of carbonyl (C=O) groups excluding carboxylic acids is 2. The van der Waals surface area contributed by atoms with Gasteiger partial charge in [-0.3, -0.25) is 9.59 Å². The Balaban J connectivity index is 1.82. The molecule has 3 aromatic rings. The van der Waals surface area contributed by atoms with Crippen LogP contribution in [0.15, 0.2) is 53.3 Å². The first-order valence-electron chi connectivity index (χ1n) is 8.39. The molecule has 1 heterocycles. The van der Waals surface area contributed by atoms with E-state index >= 15 is 0 Å². The molecule has 8 heteroatoms. The Hall–Kier alpha value is -3.99. The molecule has 0 saturated heterocycles. The van der Waals surface area contributed by atoms with E-state index < -0.39 is 18.0 Å². The third-order valence-electron chi connectivity index (χ3n) is 4.11. The van der Waals surface area contributed by atoms with E-state index in [0.717, 1.165) is 4.68 Å². The molecule has 8 nitrogen and oxygen atoms in total. The van der Waals surface area contributed by atoms with Crippen LogP contribution in [-0.2, 0) is 16.6 Å². The fourth-order valence-corrected chi connectivity index (χ4v) is 2.64. The van der Waals surface area contributed by atoms with Gasteiger partial charge in [0.15, 0.2) is 11.8 Å². The van der Waals surface area contributed by atoms with Crippen molar-refractivity contribution in [1.82, 2.24) is 9.78 Å². The van der Waals surface area contributed by atoms with Crippen molar-refractivity contribution in [3.63, 3.8) is 0 Å². The first-order chi connectivity index (χ1) is 13.4. The molecule has 0 radical (unpaired) electrons. The first-order valence-corrected chi connectivity index (χ1v) is 8.39. The van der Waals surface area contributed by atoms with Crippen molar-refractivity contribution in [3.05, 3.63) is 70.1 Å². The molecule has 0 aliphatic rings. The van der Waals surface area contributed by atoms with E-state index in [1.54, 1.807) is 48.5 Å². The molecule has 1 aromatic heterocycles. The largest absolute Gasteiger partial charge is 0.448 e. The van der Waals surface area contributed by atoms with Crippen LogP contribution in [-0.4, -0.2) is 27.8 Å². The van der Waals surface area contributed by atoms with Gasteiger partial charge >= 0.3 is 5.97 Å². The maximum atomic E-state index is 12.6. The number of aromatic nitrogens is 2. The van der Waals surface area contributed by atoms with E-state index in [9.17, 15) is 14.4 Å². The Kier molecular flexibility index (Phi) is 5.18. The van der Waals surface area contributed by atoms with Crippen molar-refractivity contribution < 1.29 is 14.3 Å². The fraction of sp³-hybridized carbons (Fsp3) is 0.150. The average Bonchev–Trinajstić information content (AvgIpc) is 2.71. The van der Waals surface area contributed by atoms with Gasteiger partial charge in [-0.15, -0.1) is 0 Å². The monoisotopic (exact) mass is 376 g/mol. The van der Waals surface area contributed by atoms with Crippen LogP contribution < -0.4 is 10.9 Å². The zero-order chi connectivity index (χ0) is 20.3. The van der Waals surface area contributed by atoms with Crippen LogP contribution in [0.1, 0.15) is 23.0 Å². The molecule has 2 aromatic carbocycles. The molecule has 0 spiro atoms. The van der Waals surface area contributed by atoms with Gasteiger partial charge in [-0.05, 0) is 25.1 Å². The predicted octanol–water partition coefficient (Wildman–Crippen LogP) is 1.99. The minimum absolute atomic E-state index is 0.0604. The number of rotatable bonds is 4. The summed E-state index contributed by atoms with van der Waals surface area (Å²) in [5, 5.41) is 16.3. The average molecular weight is 376 g/mol. The Morgan fingerprint density at radius 3 is 2.50 bits per heavy atom. The second-order valence-electron chi connectivity index (χ2n) is 6.02. The third-order valence-corrected chi connectivity index (χ3v) is 4.11. The number of nitrogens with zero attached hydrogens (tertiary/aromatic N) is 3. The molecule has 0 aliphatic heterocycles. The van der Waals surface area contributed by atoms with E-state index in [1.807, 2.05) is 6.07 Å². The Labute approximate surface area is 160 Å². The normalized spacial score (nSPS) is 11.5. The number of fused-ring (bicyclic) bond motifs is 1. The smallest absolute Gasteiger partial charge is 0.360 e. The summed E-state index contributed by atoms with van der Waals surface area (Å²) in [6.07, 6.45) is -1.14. The van der Waals surface area contributed by atoms with Crippen molar-refractivity contribution in [2.45, 2.75) is 13.0 Å². The molecule has 0 unspecified atom stereocenters. The molecule has 1 amide bonds. The highest BCUT2D eigenvalue weighted by molar-refractivity contribution is 6.03. The number of hydrogen-bond donors (Lipinski definition) is 1. The SMILES string of the molecule is C[C@@H](OC(=O)c1nn(C)c(=O)c2ccccc12)C(=O)Nc1ccccc1C#N. The highest BCUT2D eigenvalue weighted by atomic mass is 16.5. The topological polar surface area (TPSA) is 114 Å². The lowest BCUT2D eigenvalue weighted by atomic mass is 10.1. The molecule has 0 bridgehead atoms. The van der Waals surface area contributed by atoms with Crippen LogP contribution in [0.5, 0.6) is 0 Å². The summed E-state index contributed by atoms with van der Waals surface area (Å²) in [6.45, 7) is 1.41. The van der Waals surface area contributed by atoms with Gasteiger partial charge in [-0.25, -0.2) is 9.48 Å². The summed E-state index contributed by atoms with van der Waals surface area (Å²) in [7, 11) is 1.43. The number of amides is 1. The Morgan fingerprint density at radius 1 is 1.14 bits per heavy atom. The van der Waals surface area contributed by atoms with Crippen molar-refractivity contribution in [1.29, 1.82) is 5.26 Å². The van der Waals surface area contributed by atoms with E-state index in [-0.39, 0.29) is 11.3 Å². The summed E-state index contributed by atoms with van der Waals surface area (Å²) in [5.41, 5.74) is 0.213. The Bertz CT molecular complexity index is 1180. The number of carbonyl (C=O) groups is 2. The van der Waals surface area contributed by atoms with Crippen LogP contribution >= 0.6 is 0 Å². The fourth-order valence-electron chi connectivity index (χ4n) is 2.64. The molecule has 28 heavy (non-hydrogen) atoms. The first kappa shape index (κ1) is 18.8. The van der Waals surface area contributed by atoms with Crippen molar-refractivity contribution >= 4 is 28.3 Å². The molecule has 140 valence electrons. The van der Waals surface area contributed by atoms with E-state index in [4.69, 9.17) is 10.00 Å². The molecule has 0 saturated carbocycles. The van der Waals surface area contributed by atoms with Crippen LogP contribution in [0.25, 0.3) is 10.8 Å². The van der Waals surface area contributed by atoms with Crippen molar-refractivity contribution in [3.8, 4) is 6.07 Å². The van der Waals surface area contributed by atoms with Crippen molar-refractivity contribution in [2.75, 3.05) is 5.32 Å². The molecule has 1 N–H and O–H groups in total. The summed E-state index contributed by atoms with van der Waals surface area (Å²) in [4.78, 5) is 37.1. The number of benzene rings is 2. The number of nitriles is 1. The van der Waals surface area contributed by atoms with Gasteiger partial charge in [-0.2, -0.15) is 10.4 Å². The summed E-state index contributed by atoms with van der Waals surface area (Å²) < 4.78 is 6.28. The number of para-hydroxylation sites is 1. The van der Waals surface area contributed by atoms with Crippen LogP contribution in [0.3, 0.4) is 0 Å². The number of hydrogen-bond acceptors (Lipinski definition) is 6. The number of aryl methyl sites for hydroxylation is 1. The van der Waals surface area contributed by atoms with Gasteiger partial charge in [0, 0.05) is 12.4 Å². The summed E-state index contributed by atoms with van der Waals surface area (Å²) in [6, 6.07) is 15.0. The lowest BCUT2D eigenvalue weighted by molar-refractivity contribution is -0.123. The molecule has 0 fully saturated rings. The maximum Gasteiger partial charge on any atom is 0.360 e. The van der Waals surface area contributed by atoms with Gasteiger partial charge < -0.3 is 10.1 Å². The second kappa shape index (κ2) is 7.72. The number of anilines is 1. The quantitative estimate of drug-likeness (QED) is 0.697. The van der Waals surface area contributed by atoms with E-state index in [0.29, 0.717) is 22.0 Å². The van der Waals surface area contributed by atoms with Crippen LogP contribution in [0, 0.1) is 11.3 Å². The van der Waals surface area contributed by atoms with Gasteiger partial charge in [0.2, 0.25) is 0 Å². The maximum absolute atomic E-state index is 12.6. The lowest BCUT2D eigenvalue weighted by Gasteiger charge is -2.15. The molecule has 1 atom stereocenters. The Morgan fingerprint density at radius 2 is 1.79 bits per heavy atom. The van der Waals surface area contributed by atoms with Gasteiger partial charge in [0.1, 0.15) is 6.07 Å². The van der Waals surface area contributed by atoms with Crippen LogP contribution in [0.2, 0.25) is 0 Å². The second-order valence-corrected chi connectivity index (χ2v) is 6.02. The zero-order valence-corrected chi connectivity index (χ0v) is 15.2. The lowest BCUT2D eigenvalue weighted by Crippen LogP contribution is -2.31. The highest BCUT2D eigenvalue weighted by Crippen LogP contribution is 2.16. The molecule has 3 rings (SSSR count). The van der Waals surface area contributed by atoms with Gasteiger partial charge in [0.25, 0.3) is 11.5 Å². The minimum Gasteiger partial charge on any atom is -0.448 e. The molecular weight excluding hydrogens is 360 g/mol. The molecule has 0 aliphatic carbocycles. The van der Waals surface area contributed by atoms with E-state index in [1.165, 1.54) is 14.0 Å². The zero-order valence-electron chi connectivity index (χ0n) is 15.2. The summed E-state index contributed by atoms with van der Waals surface area (Å²) >= 11 is 0. The number of ether oxygens (including phenoxy) is 1. The van der Waals surface area contributed by atoms with Gasteiger partial charge in [-0.1, -0.05) is 30.3 Å². The minimum atomic E-state index is -1.14. The standard InChI is InChI=1S/C20H16N4O4/c1-12(18(25)22-16-10-6-3-7-13(16)11-21)28-20(27)17-14-8-4-5-9-15(14)19(26)24(2)23-17/h3-10,12H,1-2H3,(H,22,25)/t12-/m1/s1. The third kappa shape index (κ3) is 3.59. The van der Waals surface area contributed by atoms with Crippen molar-refractivity contribution in [2.24, 2.45) is 7.05 Å². The molecular formula is C20H16N4O4.